The molecule has 2 aromatic heterocycles. The van der Waals surface area contributed by atoms with Crippen molar-refractivity contribution in [3.05, 3.63) is 81.8 Å². The van der Waals surface area contributed by atoms with Gasteiger partial charge in [0.1, 0.15) is 11.6 Å². The number of rotatable bonds is 5. The zero-order valence-corrected chi connectivity index (χ0v) is 17.3. The summed E-state index contributed by atoms with van der Waals surface area (Å²) in [5, 5.41) is 13.7. The van der Waals surface area contributed by atoms with E-state index in [1.54, 1.807) is 17.4 Å². The minimum absolute atomic E-state index is 0.108. The molecule has 0 unspecified atom stereocenters. The summed E-state index contributed by atoms with van der Waals surface area (Å²) in [6.07, 6.45) is 3.98. The molecule has 4 nitrogen and oxygen atoms in total. The van der Waals surface area contributed by atoms with Crippen LogP contribution in [0.3, 0.4) is 0 Å². The standard InChI is InChI=1S/C25H19N3OS/c1-28-21-10-6-5-9-20(21)22(23(28)16-7-3-2-4-8-16)24(29)18(14-26)13-19-15-30-25(27-19)17-11-12-17/h2-10,13,15,17H,11-12H2,1H3/b18-13-. The number of ketones is 1. The Morgan fingerprint density at radius 2 is 1.90 bits per heavy atom. The van der Waals surface area contributed by atoms with Gasteiger partial charge in [0, 0.05) is 29.2 Å². The lowest BCUT2D eigenvalue weighted by molar-refractivity contribution is 0.104. The SMILES string of the molecule is Cn1c(-c2ccccc2)c(C(=O)/C(C#N)=C\c2csc(C3CC3)n2)c2ccccc21. The number of para-hydroxylation sites is 1. The van der Waals surface area contributed by atoms with Crippen LogP contribution in [0.1, 0.15) is 39.8 Å². The van der Waals surface area contributed by atoms with Gasteiger partial charge >= 0.3 is 0 Å². The molecule has 2 heterocycles. The number of nitriles is 1. The molecule has 1 aliphatic rings. The van der Waals surface area contributed by atoms with Crippen LogP contribution in [0.4, 0.5) is 0 Å². The van der Waals surface area contributed by atoms with E-state index in [1.165, 1.54) is 12.8 Å². The van der Waals surface area contributed by atoms with Crippen LogP contribution >= 0.6 is 11.3 Å². The Hall–Kier alpha value is -3.49. The molecule has 1 aliphatic carbocycles. The lowest BCUT2D eigenvalue weighted by Crippen LogP contribution is -2.05. The van der Waals surface area contributed by atoms with Gasteiger partial charge in [-0.2, -0.15) is 5.26 Å². The van der Waals surface area contributed by atoms with Gasteiger partial charge in [-0.15, -0.1) is 11.3 Å². The van der Waals surface area contributed by atoms with Crippen LogP contribution < -0.4 is 0 Å². The first-order valence-corrected chi connectivity index (χ1v) is 10.8. The van der Waals surface area contributed by atoms with E-state index < -0.39 is 0 Å². The highest BCUT2D eigenvalue weighted by Crippen LogP contribution is 2.41. The smallest absolute Gasteiger partial charge is 0.206 e. The van der Waals surface area contributed by atoms with Gasteiger partial charge in [0.2, 0.25) is 5.78 Å². The molecule has 5 heteroatoms. The topological polar surface area (TPSA) is 58.7 Å². The molecule has 0 N–H and O–H groups in total. The fourth-order valence-corrected chi connectivity index (χ4v) is 4.82. The van der Waals surface area contributed by atoms with Crippen molar-refractivity contribution in [2.45, 2.75) is 18.8 Å². The zero-order valence-electron chi connectivity index (χ0n) is 16.5. The molecule has 4 aromatic rings. The molecular formula is C25H19N3OS. The van der Waals surface area contributed by atoms with Crippen molar-refractivity contribution in [2.24, 2.45) is 7.05 Å². The normalized spacial score (nSPS) is 14.1. The van der Waals surface area contributed by atoms with Crippen molar-refractivity contribution in [3.8, 4) is 17.3 Å². The van der Waals surface area contributed by atoms with E-state index in [4.69, 9.17) is 0 Å². The molecular weight excluding hydrogens is 390 g/mol. The van der Waals surface area contributed by atoms with Crippen molar-refractivity contribution in [3.63, 3.8) is 0 Å². The summed E-state index contributed by atoms with van der Waals surface area (Å²) in [7, 11) is 1.96. The van der Waals surface area contributed by atoms with Gasteiger partial charge < -0.3 is 4.57 Å². The molecule has 0 bridgehead atoms. The number of hydrogen-bond donors (Lipinski definition) is 0. The number of hydrogen-bond acceptors (Lipinski definition) is 4. The van der Waals surface area contributed by atoms with Crippen molar-refractivity contribution in [2.75, 3.05) is 0 Å². The van der Waals surface area contributed by atoms with Crippen LogP contribution in [0.5, 0.6) is 0 Å². The molecule has 146 valence electrons. The molecule has 0 radical (unpaired) electrons. The first-order chi connectivity index (χ1) is 14.7. The van der Waals surface area contributed by atoms with Crippen molar-refractivity contribution in [1.29, 1.82) is 5.26 Å². The molecule has 5 rings (SSSR count). The Kier molecular flexibility index (Phi) is 4.57. The minimum atomic E-state index is -0.269. The average Bonchev–Trinajstić information content (AvgIpc) is 3.46. The number of thiazole rings is 1. The number of aryl methyl sites for hydroxylation is 1. The van der Waals surface area contributed by atoms with Gasteiger partial charge in [-0.25, -0.2) is 4.98 Å². The molecule has 0 spiro atoms. The summed E-state index contributed by atoms with van der Waals surface area (Å²) in [5.74, 6) is 0.287. The molecule has 0 aliphatic heterocycles. The molecule has 2 aromatic carbocycles. The number of carbonyl (C=O) groups is 1. The first-order valence-electron chi connectivity index (χ1n) is 9.92. The third-order valence-electron chi connectivity index (χ3n) is 5.50. The van der Waals surface area contributed by atoms with Crippen molar-refractivity contribution < 1.29 is 4.79 Å². The number of allylic oxidation sites excluding steroid dienone is 1. The van der Waals surface area contributed by atoms with Crippen LogP contribution in [0.15, 0.2) is 65.6 Å². The maximum atomic E-state index is 13.6. The van der Waals surface area contributed by atoms with E-state index in [9.17, 15) is 10.1 Å². The summed E-state index contributed by atoms with van der Waals surface area (Å²) in [6, 6.07) is 19.8. The maximum Gasteiger partial charge on any atom is 0.206 e. The summed E-state index contributed by atoms with van der Waals surface area (Å²) in [5.41, 5.74) is 4.08. The average molecular weight is 410 g/mol. The highest BCUT2D eigenvalue weighted by molar-refractivity contribution is 7.09. The number of nitrogens with zero attached hydrogens (tertiary/aromatic N) is 3. The minimum Gasteiger partial charge on any atom is -0.343 e. The van der Waals surface area contributed by atoms with Crippen LogP contribution in [-0.4, -0.2) is 15.3 Å². The van der Waals surface area contributed by atoms with Crippen LogP contribution in [0.2, 0.25) is 0 Å². The largest absolute Gasteiger partial charge is 0.343 e. The van der Waals surface area contributed by atoms with Crippen molar-refractivity contribution >= 4 is 34.1 Å². The van der Waals surface area contributed by atoms with Crippen LogP contribution in [0, 0.1) is 11.3 Å². The number of fused-ring (bicyclic) bond motifs is 1. The van der Waals surface area contributed by atoms with Gasteiger partial charge in [-0.1, -0.05) is 48.5 Å². The monoisotopic (exact) mass is 409 g/mol. The molecule has 30 heavy (non-hydrogen) atoms. The summed E-state index contributed by atoms with van der Waals surface area (Å²) in [6.45, 7) is 0. The fraction of sp³-hybridized carbons (Fsp3) is 0.160. The fourth-order valence-electron chi connectivity index (χ4n) is 3.87. The Labute approximate surface area is 178 Å². The Balaban J connectivity index is 1.66. The van der Waals surface area contributed by atoms with E-state index in [0.717, 1.165) is 27.2 Å². The molecule has 0 atom stereocenters. The van der Waals surface area contributed by atoms with Gasteiger partial charge in [0.05, 0.1) is 22.0 Å². The number of carbonyl (C=O) groups excluding carboxylic acids is 1. The highest BCUT2D eigenvalue weighted by Gasteiger charge is 2.27. The van der Waals surface area contributed by atoms with E-state index in [-0.39, 0.29) is 11.4 Å². The lowest BCUT2D eigenvalue weighted by atomic mass is 9.97. The second-order valence-electron chi connectivity index (χ2n) is 7.55. The summed E-state index contributed by atoms with van der Waals surface area (Å²) in [4.78, 5) is 18.2. The lowest BCUT2D eigenvalue weighted by Gasteiger charge is -2.07. The number of aromatic nitrogens is 2. The summed E-state index contributed by atoms with van der Waals surface area (Å²) >= 11 is 1.61. The molecule has 0 saturated heterocycles. The maximum absolute atomic E-state index is 13.6. The van der Waals surface area contributed by atoms with Crippen LogP contribution in [-0.2, 0) is 7.05 Å². The quantitative estimate of drug-likeness (QED) is 0.232. The zero-order chi connectivity index (χ0) is 20.7. The van der Waals surface area contributed by atoms with E-state index in [0.29, 0.717) is 17.2 Å². The highest BCUT2D eigenvalue weighted by atomic mass is 32.1. The van der Waals surface area contributed by atoms with Crippen LogP contribution in [0.25, 0.3) is 28.2 Å². The number of Topliss-reactive ketones (excluding diaryl/α,β-unsaturated/α-hetero) is 1. The summed E-state index contributed by atoms with van der Waals surface area (Å²) < 4.78 is 2.03. The first kappa shape index (κ1) is 18.5. The van der Waals surface area contributed by atoms with Gasteiger partial charge in [0.25, 0.3) is 0 Å². The molecule has 1 fully saturated rings. The Bertz CT molecular complexity index is 1330. The van der Waals surface area contributed by atoms with Crippen molar-refractivity contribution in [1.82, 2.24) is 9.55 Å². The molecule has 0 amide bonds. The predicted octanol–water partition coefficient (Wildman–Crippen LogP) is 5.97. The predicted molar refractivity (Wildman–Crippen MR) is 120 cm³/mol. The van der Waals surface area contributed by atoms with E-state index in [2.05, 4.69) is 11.1 Å². The van der Waals surface area contributed by atoms with Gasteiger partial charge in [-0.05, 0) is 30.5 Å². The molecule has 1 saturated carbocycles. The second kappa shape index (κ2) is 7.40. The third-order valence-corrected chi connectivity index (χ3v) is 6.53. The third kappa shape index (κ3) is 3.16. The van der Waals surface area contributed by atoms with Gasteiger partial charge in [0.15, 0.2) is 0 Å². The second-order valence-corrected chi connectivity index (χ2v) is 8.44. The van der Waals surface area contributed by atoms with Gasteiger partial charge in [-0.3, -0.25) is 4.79 Å². The Morgan fingerprint density at radius 1 is 1.17 bits per heavy atom. The number of benzene rings is 2. The Morgan fingerprint density at radius 3 is 2.63 bits per heavy atom. The van der Waals surface area contributed by atoms with E-state index in [1.807, 2.05) is 71.6 Å². The van der Waals surface area contributed by atoms with E-state index >= 15 is 0 Å².